The Hall–Kier alpha value is -1.19. The van der Waals surface area contributed by atoms with E-state index >= 15 is 0 Å². The van der Waals surface area contributed by atoms with E-state index in [0.717, 1.165) is 12.0 Å². The summed E-state index contributed by atoms with van der Waals surface area (Å²) >= 11 is 0. The van der Waals surface area contributed by atoms with Crippen molar-refractivity contribution in [1.82, 2.24) is 9.62 Å². The molecule has 0 spiro atoms. The second-order valence-corrected chi connectivity index (χ2v) is 8.39. The van der Waals surface area contributed by atoms with E-state index in [0.29, 0.717) is 26.1 Å². The van der Waals surface area contributed by atoms with Gasteiger partial charge in [-0.1, -0.05) is 26.0 Å². The molecule has 1 unspecified atom stereocenters. The summed E-state index contributed by atoms with van der Waals surface area (Å²) in [5.74, 6) is -0.159. The van der Waals surface area contributed by atoms with Crippen LogP contribution in [0.25, 0.3) is 0 Å². The fraction of sp³-hybridized carbons (Fsp3) is 0.611. The van der Waals surface area contributed by atoms with Gasteiger partial charge < -0.3 is 15.8 Å². The highest BCUT2D eigenvalue weighted by Gasteiger charge is 2.30. The number of carbonyl (C=O) groups excluding carboxylic acids is 1. The topological polar surface area (TPSA) is 102 Å². The first-order chi connectivity index (χ1) is 12.3. The monoisotopic (exact) mass is 419 g/mol. The summed E-state index contributed by atoms with van der Waals surface area (Å²) in [7, 11) is -3.47. The highest BCUT2D eigenvalue weighted by molar-refractivity contribution is 7.89. The minimum Gasteiger partial charge on any atom is -0.364 e. The Kier molecular flexibility index (Phi) is 9.17. The summed E-state index contributed by atoms with van der Waals surface area (Å²) in [6.45, 7) is 6.76. The van der Waals surface area contributed by atoms with Crippen LogP contribution in [-0.4, -0.2) is 50.5 Å². The summed E-state index contributed by atoms with van der Waals surface area (Å²) in [5.41, 5.74) is 6.41. The number of nitrogens with two attached hydrogens (primary N) is 1. The van der Waals surface area contributed by atoms with Crippen LogP contribution < -0.4 is 11.1 Å². The molecule has 1 aromatic rings. The quantitative estimate of drug-likeness (QED) is 0.669. The van der Waals surface area contributed by atoms with Crippen molar-refractivity contribution in [3.05, 3.63) is 29.8 Å². The number of hydrogen-bond acceptors (Lipinski definition) is 5. The van der Waals surface area contributed by atoms with Gasteiger partial charge in [0.1, 0.15) is 6.10 Å². The van der Waals surface area contributed by atoms with E-state index in [1.165, 1.54) is 4.31 Å². The fourth-order valence-corrected chi connectivity index (χ4v) is 4.56. The van der Waals surface area contributed by atoms with Crippen molar-refractivity contribution in [2.24, 2.45) is 5.73 Å². The molecule has 2 rings (SSSR count). The van der Waals surface area contributed by atoms with Crippen molar-refractivity contribution in [1.29, 1.82) is 0 Å². The van der Waals surface area contributed by atoms with Crippen molar-refractivity contribution in [3.8, 4) is 0 Å². The van der Waals surface area contributed by atoms with Gasteiger partial charge in [-0.25, -0.2) is 8.42 Å². The van der Waals surface area contributed by atoms with Gasteiger partial charge in [-0.2, -0.15) is 4.31 Å². The number of sulfonamides is 1. The van der Waals surface area contributed by atoms with Gasteiger partial charge in [0.25, 0.3) is 0 Å². The van der Waals surface area contributed by atoms with Gasteiger partial charge in [0, 0.05) is 19.6 Å². The summed E-state index contributed by atoms with van der Waals surface area (Å²) in [6, 6.07) is 6.40. The van der Waals surface area contributed by atoms with Crippen molar-refractivity contribution in [2.45, 2.75) is 56.8 Å². The number of hydrogen-bond donors (Lipinski definition) is 2. The van der Waals surface area contributed by atoms with E-state index in [-0.39, 0.29) is 35.4 Å². The van der Waals surface area contributed by atoms with Gasteiger partial charge in [0.05, 0.1) is 17.0 Å². The molecule has 1 aromatic carbocycles. The van der Waals surface area contributed by atoms with Crippen molar-refractivity contribution in [3.63, 3.8) is 0 Å². The smallest absolute Gasteiger partial charge is 0.249 e. The van der Waals surface area contributed by atoms with Crippen molar-refractivity contribution >= 4 is 28.3 Å². The standard InChI is InChI=1S/C18H29N3O4S.ClH/c1-4-21(5-2)26(23,24)16-9-6-14(7-10-16)13(3)20-18(22)17-11-8-15(12-19)25-17;/h6-7,9-10,13,15,17H,4-5,8,11-12,19H2,1-3H3,(H,20,22);1H/t13?,15-,17+;/m1./s1. The van der Waals surface area contributed by atoms with Crippen LogP contribution in [0.15, 0.2) is 29.2 Å². The van der Waals surface area contributed by atoms with Crippen LogP contribution in [-0.2, 0) is 19.6 Å². The second-order valence-electron chi connectivity index (χ2n) is 6.45. The highest BCUT2D eigenvalue weighted by Crippen LogP contribution is 2.22. The van der Waals surface area contributed by atoms with E-state index in [1.807, 2.05) is 20.8 Å². The van der Waals surface area contributed by atoms with Crippen LogP contribution in [0.4, 0.5) is 0 Å². The van der Waals surface area contributed by atoms with Crippen LogP contribution in [0.5, 0.6) is 0 Å². The Morgan fingerprint density at radius 2 is 1.85 bits per heavy atom. The summed E-state index contributed by atoms with van der Waals surface area (Å²) in [6.07, 6.45) is 0.946. The Morgan fingerprint density at radius 3 is 2.33 bits per heavy atom. The molecule has 7 nitrogen and oxygen atoms in total. The van der Waals surface area contributed by atoms with Gasteiger partial charge in [-0.3, -0.25) is 4.79 Å². The van der Waals surface area contributed by atoms with Crippen molar-refractivity contribution < 1.29 is 17.9 Å². The molecule has 3 N–H and O–H groups in total. The molecule has 9 heteroatoms. The summed E-state index contributed by atoms with van der Waals surface area (Å²) in [4.78, 5) is 12.6. The lowest BCUT2D eigenvalue weighted by atomic mass is 10.1. The predicted molar refractivity (Wildman–Crippen MR) is 107 cm³/mol. The zero-order valence-electron chi connectivity index (χ0n) is 16.1. The van der Waals surface area contributed by atoms with Gasteiger partial charge in [0.15, 0.2) is 0 Å². The summed E-state index contributed by atoms with van der Waals surface area (Å²) in [5, 5.41) is 2.92. The molecule has 1 fully saturated rings. The first-order valence-corrected chi connectivity index (χ1v) is 10.5. The lowest BCUT2D eigenvalue weighted by Crippen LogP contribution is -2.37. The second kappa shape index (κ2) is 10.4. The number of amides is 1. The van der Waals surface area contributed by atoms with Gasteiger partial charge in [-0.15, -0.1) is 12.4 Å². The van der Waals surface area contributed by atoms with Crippen LogP contribution in [0.1, 0.15) is 45.2 Å². The molecule has 154 valence electrons. The zero-order valence-corrected chi connectivity index (χ0v) is 17.7. The van der Waals surface area contributed by atoms with Crippen LogP contribution in [0.3, 0.4) is 0 Å². The Morgan fingerprint density at radius 1 is 1.26 bits per heavy atom. The molecule has 1 heterocycles. The van der Waals surface area contributed by atoms with E-state index < -0.39 is 16.1 Å². The molecule has 1 amide bonds. The first-order valence-electron chi connectivity index (χ1n) is 9.09. The number of nitrogens with one attached hydrogen (secondary N) is 1. The molecule has 1 aliphatic heterocycles. The number of nitrogens with zero attached hydrogens (tertiary/aromatic N) is 1. The maximum absolute atomic E-state index is 12.5. The van der Waals surface area contributed by atoms with Crippen LogP contribution in [0.2, 0.25) is 0 Å². The number of benzene rings is 1. The molecule has 0 bridgehead atoms. The fourth-order valence-electron chi connectivity index (χ4n) is 3.10. The summed E-state index contributed by atoms with van der Waals surface area (Å²) < 4.78 is 32.0. The average molecular weight is 420 g/mol. The maximum Gasteiger partial charge on any atom is 0.249 e. The lowest BCUT2D eigenvalue weighted by molar-refractivity contribution is -0.132. The Bertz CT molecular complexity index is 708. The largest absolute Gasteiger partial charge is 0.364 e. The number of halogens is 1. The average Bonchev–Trinajstić information content (AvgIpc) is 3.12. The molecule has 0 aliphatic carbocycles. The van der Waals surface area contributed by atoms with E-state index in [9.17, 15) is 13.2 Å². The molecule has 0 saturated carbocycles. The molecule has 3 atom stereocenters. The molecule has 27 heavy (non-hydrogen) atoms. The molecule has 1 saturated heterocycles. The molecule has 0 radical (unpaired) electrons. The van der Waals surface area contributed by atoms with Gasteiger partial charge in [0.2, 0.25) is 15.9 Å². The number of carbonyl (C=O) groups is 1. The van der Waals surface area contributed by atoms with E-state index in [4.69, 9.17) is 10.5 Å². The third-order valence-electron chi connectivity index (χ3n) is 4.74. The maximum atomic E-state index is 12.5. The minimum absolute atomic E-state index is 0. The molecular weight excluding hydrogens is 390 g/mol. The molecule has 0 aromatic heterocycles. The third-order valence-corrected chi connectivity index (χ3v) is 6.81. The lowest BCUT2D eigenvalue weighted by Gasteiger charge is -2.20. The number of ether oxygens (including phenoxy) is 1. The van der Waals surface area contributed by atoms with Gasteiger partial charge in [-0.05, 0) is 37.5 Å². The van der Waals surface area contributed by atoms with Crippen LogP contribution in [0, 0.1) is 0 Å². The van der Waals surface area contributed by atoms with Crippen LogP contribution >= 0.6 is 12.4 Å². The Balaban J connectivity index is 0.00000364. The van der Waals surface area contributed by atoms with Gasteiger partial charge >= 0.3 is 0 Å². The Labute approximate surface area is 168 Å². The SMILES string of the molecule is CCN(CC)S(=O)(=O)c1ccc(C(C)NC(=O)[C@@H]2CC[C@H](CN)O2)cc1.Cl. The predicted octanol–water partition coefficient (Wildman–Crippen LogP) is 1.82. The first kappa shape index (κ1) is 23.8. The number of rotatable bonds is 8. The van der Waals surface area contributed by atoms with Crippen molar-refractivity contribution in [2.75, 3.05) is 19.6 Å². The highest BCUT2D eigenvalue weighted by atomic mass is 35.5. The normalized spacial score (nSPS) is 20.9. The van der Waals surface area contributed by atoms with E-state index in [1.54, 1.807) is 24.3 Å². The van der Waals surface area contributed by atoms with E-state index in [2.05, 4.69) is 5.32 Å². The minimum atomic E-state index is -3.47. The molecule has 1 aliphatic rings. The zero-order chi connectivity index (χ0) is 19.3. The molecular formula is C18H30ClN3O4S. The third kappa shape index (κ3) is 5.65.